The van der Waals surface area contributed by atoms with Crippen molar-refractivity contribution in [1.29, 1.82) is 5.26 Å². The van der Waals surface area contributed by atoms with Crippen molar-refractivity contribution in [2.45, 2.75) is 24.6 Å². The van der Waals surface area contributed by atoms with Gasteiger partial charge in [0.1, 0.15) is 16.9 Å². The summed E-state index contributed by atoms with van der Waals surface area (Å²) in [5.74, 6) is 1.50. The van der Waals surface area contributed by atoms with Crippen molar-refractivity contribution in [2.75, 3.05) is 0 Å². The van der Waals surface area contributed by atoms with Crippen LogP contribution >= 0.6 is 23.4 Å². The molecule has 6 heteroatoms. The number of nitriles is 1. The molecule has 0 amide bonds. The molecule has 0 aliphatic rings. The summed E-state index contributed by atoms with van der Waals surface area (Å²) in [6.45, 7) is 3.78. The number of hydrogen-bond acceptors (Lipinski definition) is 5. The lowest BCUT2D eigenvalue weighted by Crippen LogP contribution is -1.88. The molecule has 0 saturated heterocycles. The van der Waals surface area contributed by atoms with E-state index in [0.717, 1.165) is 17.0 Å². The predicted molar refractivity (Wildman–Crippen MR) is 69.5 cm³/mol. The zero-order valence-corrected chi connectivity index (χ0v) is 11.5. The standard InChI is InChI=1S/C12H10ClN3OS/c1-7-10(8(2)17-16-7)6-18-12-11(13)3-9(4-14)5-15-12/h3,5H,6H2,1-2H3. The highest BCUT2D eigenvalue weighted by Gasteiger charge is 2.11. The molecule has 2 aromatic rings. The van der Waals surface area contributed by atoms with Crippen molar-refractivity contribution in [2.24, 2.45) is 0 Å². The highest BCUT2D eigenvalue weighted by molar-refractivity contribution is 7.98. The number of aromatic nitrogens is 2. The lowest BCUT2D eigenvalue weighted by molar-refractivity contribution is 0.392. The zero-order chi connectivity index (χ0) is 13.1. The van der Waals surface area contributed by atoms with E-state index < -0.39 is 0 Å². The molecule has 0 spiro atoms. The molecule has 0 unspecified atom stereocenters. The minimum absolute atomic E-state index is 0.460. The molecule has 0 atom stereocenters. The smallest absolute Gasteiger partial charge is 0.137 e. The van der Waals surface area contributed by atoms with Crippen LogP contribution in [0.2, 0.25) is 5.02 Å². The van der Waals surface area contributed by atoms with Gasteiger partial charge in [0.2, 0.25) is 0 Å². The Labute approximate surface area is 114 Å². The van der Waals surface area contributed by atoms with Crippen LogP contribution in [0.4, 0.5) is 0 Å². The Morgan fingerprint density at radius 2 is 2.28 bits per heavy atom. The third-order valence-corrected chi connectivity index (χ3v) is 3.90. The maximum absolute atomic E-state index is 8.73. The molecule has 2 rings (SSSR count). The van der Waals surface area contributed by atoms with E-state index in [4.69, 9.17) is 21.4 Å². The van der Waals surface area contributed by atoms with Crippen molar-refractivity contribution in [1.82, 2.24) is 10.1 Å². The second kappa shape index (κ2) is 5.42. The third kappa shape index (κ3) is 2.66. The molecule has 92 valence electrons. The van der Waals surface area contributed by atoms with Gasteiger partial charge < -0.3 is 4.52 Å². The van der Waals surface area contributed by atoms with Crippen LogP contribution in [0.5, 0.6) is 0 Å². The van der Waals surface area contributed by atoms with Gasteiger partial charge in [-0.1, -0.05) is 28.5 Å². The highest BCUT2D eigenvalue weighted by Crippen LogP contribution is 2.30. The van der Waals surface area contributed by atoms with Crippen LogP contribution < -0.4 is 0 Å². The van der Waals surface area contributed by atoms with Gasteiger partial charge in [-0.25, -0.2) is 4.98 Å². The Kier molecular flexibility index (Phi) is 3.90. The van der Waals surface area contributed by atoms with Gasteiger partial charge in [0.25, 0.3) is 0 Å². The summed E-state index contributed by atoms with van der Waals surface area (Å²) in [6, 6.07) is 3.62. The van der Waals surface area contributed by atoms with E-state index in [2.05, 4.69) is 10.1 Å². The fourth-order valence-electron chi connectivity index (χ4n) is 1.44. The van der Waals surface area contributed by atoms with E-state index in [1.807, 2.05) is 19.9 Å². The molecule has 4 nitrogen and oxygen atoms in total. The van der Waals surface area contributed by atoms with E-state index >= 15 is 0 Å². The summed E-state index contributed by atoms with van der Waals surface area (Å²) in [5, 5.41) is 13.8. The van der Waals surface area contributed by atoms with E-state index in [-0.39, 0.29) is 0 Å². The summed E-state index contributed by atoms with van der Waals surface area (Å²) in [4.78, 5) is 4.17. The van der Waals surface area contributed by atoms with Crippen LogP contribution in [0, 0.1) is 25.2 Å². The van der Waals surface area contributed by atoms with Gasteiger partial charge in [-0.3, -0.25) is 0 Å². The first-order valence-electron chi connectivity index (χ1n) is 5.22. The molecule has 0 radical (unpaired) electrons. The normalized spacial score (nSPS) is 10.3. The number of halogens is 1. The molecule has 2 aromatic heterocycles. The summed E-state index contributed by atoms with van der Waals surface area (Å²) in [5.41, 5.74) is 2.40. The number of thioether (sulfide) groups is 1. The first-order chi connectivity index (χ1) is 8.61. The van der Waals surface area contributed by atoms with E-state index in [0.29, 0.717) is 21.4 Å². The summed E-state index contributed by atoms with van der Waals surface area (Å²) >= 11 is 7.55. The highest BCUT2D eigenvalue weighted by atomic mass is 35.5. The fraction of sp³-hybridized carbons (Fsp3) is 0.250. The molecule has 0 aromatic carbocycles. The monoisotopic (exact) mass is 279 g/mol. The van der Waals surface area contributed by atoms with Gasteiger partial charge in [0, 0.05) is 17.5 Å². The number of nitrogens with zero attached hydrogens (tertiary/aromatic N) is 3. The van der Waals surface area contributed by atoms with E-state index in [1.54, 1.807) is 6.07 Å². The lowest BCUT2D eigenvalue weighted by atomic mass is 10.2. The maximum Gasteiger partial charge on any atom is 0.137 e. The summed E-state index contributed by atoms with van der Waals surface area (Å²) in [7, 11) is 0. The molecule has 18 heavy (non-hydrogen) atoms. The van der Waals surface area contributed by atoms with Gasteiger partial charge in [-0.05, 0) is 19.9 Å². The summed E-state index contributed by atoms with van der Waals surface area (Å²) in [6.07, 6.45) is 1.52. The average Bonchev–Trinajstić information content (AvgIpc) is 2.68. The van der Waals surface area contributed by atoms with Crippen LogP contribution in [0.15, 0.2) is 21.8 Å². The minimum atomic E-state index is 0.460. The summed E-state index contributed by atoms with van der Waals surface area (Å²) < 4.78 is 5.09. The molecule has 0 aliphatic heterocycles. The second-order valence-corrected chi connectivity index (χ2v) is 5.09. The Hall–Kier alpha value is -1.51. The van der Waals surface area contributed by atoms with Crippen LogP contribution in [0.25, 0.3) is 0 Å². The van der Waals surface area contributed by atoms with E-state index in [1.165, 1.54) is 18.0 Å². The van der Waals surface area contributed by atoms with Crippen LogP contribution in [-0.4, -0.2) is 10.1 Å². The predicted octanol–water partition coefficient (Wildman–Crippen LogP) is 3.50. The molecule has 0 saturated carbocycles. The molecule has 0 aliphatic carbocycles. The lowest BCUT2D eigenvalue weighted by Gasteiger charge is -2.03. The molecular formula is C12H10ClN3OS. The van der Waals surface area contributed by atoms with Crippen molar-refractivity contribution >= 4 is 23.4 Å². The average molecular weight is 280 g/mol. The third-order valence-electron chi connectivity index (χ3n) is 2.47. The Morgan fingerprint density at radius 1 is 1.50 bits per heavy atom. The van der Waals surface area contributed by atoms with Crippen LogP contribution in [0.1, 0.15) is 22.6 Å². The fourth-order valence-corrected chi connectivity index (χ4v) is 2.79. The Morgan fingerprint density at radius 3 is 2.83 bits per heavy atom. The first-order valence-corrected chi connectivity index (χ1v) is 6.58. The van der Waals surface area contributed by atoms with Crippen LogP contribution in [0.3, 0.4) is 0 Å². The number of pyridine rings is 1. The number of aryl methyl sites for hydroxylation is 2. The molecule has 0 fully saturated rings. The van der Waals surface area contributed by atoms with Gasteiger partial charge in [0.05, 0.1) is 16.3 Å². The number of rotatable bonds is 3. The maximum atomic E-state index is 8.73. The van der Waals surface area contributed by atoms with Gasteiger partial charge in [-0.2, -0.15) is 5.26 Å². The molecule has 0 bridgehead atoms. The molecule has 0 N–H and O–H groups in total. The SMILES string of the molecule is Cc1noc(C)c1CSc1ncc(C#N)cc1Cl. The van der Waals surface area contributed by atoms with Crippen molar-refractivity contribution in [3.63, 3.8) is 0 Å². The van der Waals surface area contributed by atoms with Gasteiger partial charge in [-0.15, -0.1) is 0 Å². The van der Waals surface area contributed by atoms with Crippen molar-refractivity contribution in [3.05, 3.63) is 39.9 Å². The van der Waals surface area contributed by atoms with Crippen molar-refractivity contribution < 1.29 is 4.52 Å². The first kappa shape index (κ1) is 12.9. The largest absolute Gasteiger partial charge is 0.361 e. The zero-order valence-electron chi connectivity index (χ0n) is 9.90. The Balaban J connectivity index is 2.14. The topological polar surface area (TPSA) is 62.7 Å². The molecular weight excluding hydrogens is 270 g/mol. The quantitative estimate of drug-likeness (QED) is 0.805. The van der Waals surface area contributed by atoms with Gasteiger partial charge >= 0.3 is 0 Å². The number of hydrogen-bond donors (Lipinski definition) is 0. The Bertz CT molecular complexity index is 599. The second-order valence-electron chi connectivity index (χ2n) is 3.71. The van der Waals surface area contributed by atoms with Crippen molar-refractivity contribution in [3.8, 4) is 6.07 Å². The molecule has 2 heterocycles. The van der Waals surface area contributed by atoms with Crippen LogP contribution in [-0.2, 0) is 5.75 Å². The van der Waals surface area contributed by atoms with Gasteiger partial charge in [0.15, 0.2) is 0 Å². The van der Waals surface area contributed by atoms with E-state index in [9.17, 15) is 0 Å². The minimum Gasteiger partial charge on any atom is -0.361 e.